The van der Waals surface area contributed by atoms with E-state index in [4.69, 9.17) is 9.47 Å². The molecule has 1 fully saturated rings. The first-order chi connectivity index (χ1) is 12.2. The fraction of sp³-hybridized carbons (Fsp3) is 0.500. The van der Waals surface area contributed by atoms with Gasteiger partial charge >= 0.3 is 0 Å². The first-order valence-corrected chi connectivity index (χ1v) is 8.71. The SMILES string of the molecule is CCOCC(=O)NC1CC(c2cc3cc(OC)ccc3n2CC)NN1. The summed E-state index contributed by atoms with van der Waals surface area (Å²) < 4.78 is 12.8. The minimum atomic E-state index is -0.115. The van der Waals surface area contributed by atoms with Crippen molar-refractivity contribution in [2.75, 3.05) is 20.3 Å². The number of methoxy groups -OCH3 is 1. The van der Waals surface area contributed by atoms with Crippen LogP contribution >= 0.6 is 0 Å². The standard InChI is InChI=1S/C18H26N4O3/c1-4-22-15-7-6-13(24-3)8-12(15)9-16(22)14-10-17(21-20-14)19-18(23)11-25-5-2/h6-9,14,17,20-21H,4-5,10-11H2,1-3H3,(H,19,23). The van der Waals surface area contributed by atoms with Crippen LogP contribution in [-0.2, 0) is 16.1 Å². The smallest absolute Gasteiger partial charge is 0.247 e. The molecule has 0 spiro atoms. The van der Waals surface area contributed by atoms with Crippen LogP contribution in [0.15, 0.2) is 24.3 Å². The molecule has 1 aliphatic rings. The van der Waals surface area contributed by atoms with Gasteiger partial charge in [-0.1, -0.05) is 0 Å². The number of amides is 1. The van der Waals surface area contributed by atoms with Crippen LogP contribution in [0.4, 0.5) is 0 Å². The van der Waals surface area contributed by atoms with E-state index in [9.17, 15) is 4.79 Å². The van der Waals surface area contributed by atoms with E-state index < -0.39 is 0 Å². The number of benzene rings is 1. The molecule has 0 bridgehead atoms. The van der Waals surface area contributed by atoms with E-state index in [1.807, 2.05) is 13.0 Å². The molecule has 3 N–H and O–H groups in total. The van der Waals surface area contributed by atoms with E-state index in [0.29, 0.717) is 6.61 Å². The Balaban J connectivity index is 1.75. The van der Waals surface area contributed by atoms with E-state index in [1.54, 1.807) is 7.11 Å². The third-order valence-corrected chi connectivity index (χ3v) is 4.49. The molecular formula is C18H26N4O3. The lowest BCUT2D eigenvalue weighted by atomic mass is 10.1. The quantitative estimate of drug-likeness (QED) is 0.711. The first-order valence-electron chi connectivity index (χ1n) is 8.71. The van der Waals surface area contributed by atoms with Gasteiger partial charge in [0.25, 0.3) is 0 Å². The van der Waals surface area contributed by atoms with Gasteiger partial charge in [-0.05, 0) is 38.1 Å². The summed E-state index contributed by atoms with van der Waals surface area (Å²) in [6.45, 7) is 5.51. The molecule has 25 heavy (non-hydrogen) atoms. The first kappa shape index (κ1) is 17.7. The molecule has 2 unspecified atom stereocenters. The third-order valence-electron chi connectivity index (χ3n) is 4.49. The fourth-order valence-corrected chi connectivity index (χ4v) is 3.31. The van der Waals surface area contributed by atoms with Crippen LogP contribution in [0, 0.1) is 0 Å². The van der Waals surface area contributed by atoms with Gasteiger partial charge in [-0.2, -0.15) is 0 Å². The number of ether oxygens (including phenoxy) is 2. The number of carbonyl (C=O) groups is 1. The summed E-state index contributed by atoms with van der Waals surface area (Å²) in [5.41, 5.74) is 8.82. The maximum absolute atomic E-state index is 11.8. The molecule has 0 radical (unpaired) electrons. The molecular weight excluding hydrogens is 320 g/mol. The van der Waals surface area contributed by atoms with Gasteiger partial charge < -0.3 is 19.4 Å². The number of nitrogens with one attached hydrogen (secondary N) is 3. The van der Waals surface area contributed by atoms with Crippen LogP contribution < -0.4 is 20.9 Å². The van der Waals surface area contributed by atoms with Crippen LogP contribution in [0.3, 0.4) is 0 Å². The van der Waals surface area contributed by atoms with Gasteiger partial charge in [-0.25, -0.2) is 10.9 Å². The number of aryl methyl sites for hydroxylation is 1. The van der Waals surface area contributed by atoms with Crippen LogP contribution in [0.1, 0.15) is 32.0 Å². The van der Waals surface area contributed by atoms with Crippen LogP contribution in [0.25, 0.3) is 10.9 Å². The molecule has 1 saturated heterocycles. The Kier molecular flexibility index (Phi) is 5.57. The van der Waals surface area contributed by atoms with Gasteiger partial charge in [-0.3, -0.25) is 4.79 Å². The highest BCUT2D eigenvalue weighted by molar-refractivity contribution is 5.83. The average molecular weight is 346 g/mol. The van der Waals surface area contributed by atoms with Gasteiger partial charge in [0.2, 0.25) is 5.91 Å². The highest BCUT2D eigenvalue weighted by Crippen LogP contribution is 2.30. The summed E-state index contributed by atoms with van der Waals surface area (Å²) in [5.74, 6) is 0.744. The second-order valence-corrected chi connectivity index (χ2v) is 6.07. The van der Waals surface area contributed by atoms with Crippen molar-refractivity contribution in [2.24, 2.45) is 0 Å². The Morgan fingerprint density at radius 3 is 2.88 bits per heavy atom. The zero-order chi connectivity index (χ0) is 17.8. The molecule has 2 atom stereocenters. The predicted octanol–water partition coefficient (Wildman–Crippen LogP) is 1.69. The Labute approximate surface area is 147 Å². The summed E-state index contributed by atoms with van der Waals surface area (Å²) in [5, 5.41) is 4.09. The maximum Gasteiger partial charge on any atom is 0.247 e. The monoisotopic (exact) mass is 346 g/mol. The lowest BCUT2D eigenvalue weighted by molar-refractivity contribution is -0.126. The van der Waals surface area contributed by atoms with E-state index in [-0.39, 0.29) is 24.7 Å². The van der Waals surface area contributed by atoms with Gasteiger partial charge in [-0.15, -0.1) is 0 Å². The van der Waals surface area contributed by atoms with Crippen molar-refractivity contribution in [1.82, 2.24) is 20.7 Å². The molecule has 7 heteroatoms. The maximum atomic E-state index is 11.8. The van der Waals surface area contributed by atoms with Gasteiger partial charge in [0.05, 0.1) is 19.3 Å². The summed E-state index contributed by atoms with van der Waals surface area (Å²) in [7, 11) is 1.68. The van der Waals surface area contributed by atoms with Crippen molar-refractivity contribution in [3.8, 4) is 5.75 Å². The number of aromatic nitrogens is 1. The molecule has 2 heterocycles. The highest BCUT2D eigenvalue weighted by atomic mass is 16.5. The summed E-state index contributed by atoms with van der Waals surface area (Å²) in [6, 6.07) is 8.43. The Hall–Kier alpha value is -2.09. The molecule has 1 amide bonds. The normalized spacial score (nSPS) is 20.1. The second-order valence-electron chi connectivity index (χ2n) is 6.07. The molecule has 2 aromatic rings. The van der Waals surface area contributed by atoms with Crippen molar-refractivity contribution in [3.63, 3.8) is 0 Å². The number of hydrogen-bond donors (Lipinski definition) is 3. The Morgan fingerprint density at radius 1 is 1.32 bits per heavy atom. The molecule has 136 valence electrons. The number of nitrogens with zero attached hydrogens (tertiary/aromatic N) is 1. The van der Waals surface area contributed by atoms with E-state index in [0.717, 1.165) is 24.1 Å². The van der Waals surface area contributed by atoms with Crippen LogP contribution in [-0.4, -0.2) is 37.0 Å². The van der Waals surface area contributed by atoms with E-state index >= 15 is 0 Å². The van der Waals surface area contributed by atoms with Crippen LogP contribution in [0.5, 0.6) is 5.75 Å². The molecule has 3 rings (SSSR count). The summed E-state index contributed by atoms with van der Waals surface area (Å²) >= 11 is 0. The minimum Gasteiger partial charge on any atom is -0.497 e. The molecule has 1 aromatic carbocycles. The lowest BCUT2D eigenvalue weighted by Crippen LogP contribution is -2.45. The fourth-order valence-electron chi connectivity index (χ4n) is 3.31. The Morgan fingerprint density at radius 2 is 2.16 bits per heavy atom. The van der Waals surface area contributed by atoms with Gasteiger partial charge in [0, 0.05) is 36.2 Å². The number of hydrogen-bond acceptors (Lipinski definition) is 5. The molecule has 7 nitrogen and oxygen atoms in total. The molecule has 1 aliphatic heterocycles. The van der Waals surface area contributed by atoms with Crippen molar-refractivity contribution in [3.05, 3.63) is 30.0 Å². The third kappa shape index (κ3) is 3.78. The predicted molar refractivity (Wildman–Crippen MR) is 96.2 cm³/mol. The minimum absolute atomic E-state index is 0.0916. The van der Waals surface area contributed by atoms with Gasteiger partial charge in [0.1, 0.15) is 12.4 Å². The number of carbonyl (C=O) groups excluding carboxylic acids is 1. The van der Waals surface area contributed by atoms with Crippen molar-refractivity contribution in [2.45, 2.75) is 39.0 Å². The van der Waals surface area contributed by atoms with E-state index in [2.05, 4.69) is 45.9 Å². The van der Waals surface area contributed by atoms with E-state index in [1.165, 1.54) is 11.2 Å². The largest absolute Gasteiger partial charge is 0.497 e. The molecule has 0 aliphatic carbocycles. The molecule has 0 saturated carbocycles. The number of hydrazine groups is 1. The number of fused-ring (bicyclic) bond motifs is 1. The van der Waals surface area contributed by atoms with Crippen LogP contribution in [0.2, 0.25) is 0 Å². The second kappa shape index (κ2) is 7.86. The lowest BCUT2D eigenvalue weighted by Gasteiger charge is -2.14. The zero-order valence-electron chi connectivity index (χ0n) is 15.0. The Bertz CT molecular complexity index is 743. The van der Waals surface area contributed by atoms with Crippen molar-refractivity contribution < 1.29 is 14.3 Å². The molecule has 1 aromatic heterocycles. The zero-order valence-corrected chi connectivity index (χ0v) is 15.0. The van der Waals surface area contributed by atoms with Gasteiger partial charge in [0.15, 0.2) is 0 Å². The van der Waals surface area contributed by atoms with Crippen molar-refractivity contribution in [1.29, 1.82) is 0 Å². The highest BCUT2D eigenvalue weighted by Gasteiger charge is 2.28. The summed E-state index contributed by atoms with van der Waals surface area (Å²) in [6.07, 6.45) is 0.654. The van der Waals surface area contributed by atoms with Crippen molar-refractivity contribution >= 4 is 16.8 Å². The average Bonchev–Trinajstić information content (AvgIpc) is 3.22. The number of rotatable bonds is 7. The topological polar surface area (TPSA) is 76.5 Å². The summed E-state index contributed by atoms with van der Waals surface area (Å²) in [4.78, 5) is 11.8.